The number of aromatic nitrogens is 3. The molecular weight excluding hydrogens is 288 g/mol. The van der Waals surface area contributed by atoms with E-state index in [9.17, 15) is 5.11 Å². The van der Waals surface area contributed by atoms with Gasteiger partial charge in [0.1, 0.15) is 12.1 Å². The summed E-state index contributed by atoms with van der Waals surface area (Å²) in [5.74, 6) is 0.892. The van der Waals surface area contributed by atoms with Crippen molar-refractivity contribution in [1.29, 1.82) is 0 Å². The normalized spacial score (nSPS) is 12.1. The van der Waals surface area contributed by atoms with Crippen molar-refractivity contribution in [1.82, 2.24) is 15.0 Å². The first-order valence-electron chi connectivity index (χ1n) is 8.38. The van der Waals surface area contributed by atoms with Crippen molar-refractivity contribution >= 4 is 5.82 Å². The Morgan fingerprint density at radius 3 is 2.70 bits per heavy atom. The summed E-state index contributed by atoms with van der Waals surface area (Å²) in [5.41, 5.74) is 2.37. The molecule has 0 spiro atoms. The summed E-state index contributed by atoms with van der Waals surface area (Å²) >= 11 is 0. The Bertz CT molecular complexity index is 562. The summed E-state index contributed by atoms with van der Waals surface area (Å²) in [7, 11) is 0. The van der Waals surface area contributed by atoms with Crippen molar-refractivity contribution in [2.75, 3.05) is 11.9 Å². The third-order valence-electron chi connectivity index (χ3n) is 3.94. The third-order valence-corrected chi connectivity index (χ3v) is 3.94. The molecule has 0 aliphatic carbocycles. The molecule has 0 aromatic carbocycles. The minimum atomic E-state index is 0.193. The number of anilines is 1. The summed E-state index contributed by atoms with van der Waals surface area (Å²) in [6.45, 7) is 2.37. The van der Waals surface area contributed by atoms with E-state index in [4.69, 9.17) is 0 Å². The molecule has 5 heteroatoms. The van der Waals surface area contributed by atoms with Crippen LogP contribution in [0.3, 0.4) is 0 Å². The maximum Gasteiger partial charge on any atom is 0.132 e. The van der Waals surface area contributed by atoms with Gasteiger partial charge in [-0.1, -0.05) is 19.8 Å². The standard InChI is InChI=1S/C18H26N4O/c1-2-3-4-17(9-12-23)22-18-16(13-20-14-21-18)6-5-15-7-10-19-11-8-15/h7-8,10-11,13-14,17,23H,2-6,9,12H2,1H3,(H,20,21,22). The van der Waals surface area contributed by atoms with Crippen molar-refractivity contribution in [3.63, 3.8) is 0 Å². The van der Waals surface area contributed by atoms with Crippen molar-refractivity contribution in [2.24, 2.45) is 0 Å². The lowest BCUT2D eigenvalue weighted by Gasteiger charge is -2.20. The second kappa shape index (κ2) is 9.90. The Morgan fingerprint density at radius 2 is 1.96 bits per heavy atom. The minimum absolute atomic E-state index is 0.193. The van der Waals surface area contributed by atoms with E-state index < -0.39 is 0 Å². The lowest BCUT2D eigenvalue weighted by molar-refractivity contribution is 0.276. The zero-order chi connectivity index (χ0) is 16.3. The third kappa shape index (κ3) is 5.94. The second-order valence-electron chi connectivity index (χ2n) is 5.75. The van der Waals surface area contributed by atoms with Gasteiger partial charge in [-0.25, -0.2) is 9.97 Å². The van der Waals surface area contributed by atoms with Crippen LogP contribution in [0.1, 0.15) is 43.7 Å². The van der Waals surface area contributed by atoms with Crippen molar-refractivity contribution in [2.45, 2.75) is 51.5 Å². The van der Waals surface area contributed by atoms with Crippen molar-refractivity contribution in [3.05, 3.63) is 48.2 Å². The molecule has 0 amide bonds. The predicted molar refractivity (Wildman–Crippen MR) is 92.3 cm³/mol. The first-order chi connectivity index (χ1) is 11.3. The van der Waals surface area contributed by atoms with E-state index >= 15 is 0 Å². The largest absolute Gasteiger partial charge is 0.396 e. The molecule has 2 N–H and O–H groups in total. The summed E-state index contributed by atoms with van der Waals surface area (Å²) in [6.07, 6.45) is 13.0. The van der Waals surface area contributed by atoms with Gasteiger partial charge in [-0.2, -0.15) is 0 Å². The van der Waals surface area contributed by atoms with E-state index in [1.807, 2.05) is 30.7 Å². The van der Waals surface area contributed by atoms with E-state index in [0.29, 0.717) is 0 Å². The highest BCUT2D eigenvalue weighted by atomic mass is 16.3. The van der Waals surface area contributed by atoms with Crippen LogP contribution in [0.4, 0.5) is 5.82 Å². The van der Waals surface area contributed by atoms with Crippen LogP contribution in [-0.4, -0.2) is 32.7 Å². The van der Waals surface area contributed by atoms with Gasteiger partial charge in [0.15, 0.2) is 0 Å². The van der Waals surface area contributed by atoms with Gasteiger partial charge >= 0.3 is 0 Å². The molecule has 0 fully saturated rings. The van der Waals surface area contributed by atoms with Crippen LogP contribution < -0.4 is 5.32 Å². The molecule has 0 bridgehead atoms. The van der Waals surface area contributed by atoms with Gasteiger partial charge in [0, 0.05) is 36.8 Å². The monoisotopic (exact) mass is 314 g/mol. The van der Waals surface area contributed by atoms with E-state index in [2.05, 4.69) is 27.2 Å². The molecule has 2 heterocycles. The number of nitrogens with zero attached hydrogens (tertiary/aromatic N) is 3. The maximum atomic E-state index is 9.26. The zero-order valence-electron chi connectivity index (χ0n) is 13.8. The van der Waals surface area contributed by atoms with E-state index in [1.165, 1.54) is 5.56 Å². The SMILES string of the molecule is CCCCC(CCO)Nc1ncncc1CCc1ccncc1. The molecule has 23 heavy (non-hydrogen) atoms. The number of aliphatic hydroxyl groups is 1. The Balaban J connectivity index is 2.00. The minimum Gasteiger partial charge on any atom is -0.396 e. The fraction of sp³-hybridized carbons (Fsp3) is 0.500. The number of unbranched alkanes of at least 4 members (excludes halogenated alkanes) is 1. The predicted octanol–water partition coefficient (Wildman–Crippen LogP) is 3.01. The number of hydrogen-bond donors (Lipinski definition) is 2. The smallest absolute Gasteiger partial charge is 0.132 e. The summed E-state index contributed by atoms with van der Waals surface area (Å²) < 4.78 is 0. The second-order valence-corrected chi connectivity index (χ2v) is 5.75. The Morgan fingerprint density at radius 1 is 1.13 bits per heavy atom. The van der Waals surface area contributed by atoms with Gasteiger partial charge < -0.3 is 10.4 Å². The van der Waals surface area contributed by atoms with Crippen molar-refractivity contribution in [3.8, 4) is 0 Å². The molecule has 2 aromatic rings. The Kier molecular flexibility index (Phi) is 7.46. The first-order valence-corrected chi connectivity index (χ1v) is 8.38. The highest BCUT2D eigenvalue weighted by molar-refractivity contribution is 5.43. The molecule has 0 saturated carbocycles. The average molecular weight is 314 g/mol. The summed E-state index contributed by atoms with van der Waals surface area (Å²) in [4.78, 5) is 12.6. The van der Waals surface area contributed by atoms with E-state index in [-0.39, 0.29) is 12.6 Å². The molecule has 0 saturated heterocycles. The molecule has 5 nitrogen and oxygen atoms in total. The molecule has 1 atom stereocenters. The van der Waals surface area contributed by atoms with Gasteiger partial charge in [0.2, 0.25) is 0 Å². The summed E-state index contributed by atoms with van der Waals surface area (Å²) in [6, 6.07) is 4.33. The topological polar surface area (TPSA) is 70.9 Å². The van der Waals surface area contributed by atoms with Gasteiger partial charge in [-0.05, 0) is 43.4 Å². The zero-order valence-corrected chi connectivity index (χ0v) is 13.8. The van der Waals surface area contributed by atoms with Gasteiger partial charge in [-0.15, -0.1) is 0 Å². The highest BCUT2D eigenvalue weighted by Gasteiger charge is 2.11. The van der Waals surface area contributed by atoms with Crippen LogP contribution in [0, 0.1) is 0 Å². The van der Waals surface area contributed by atoms with Crippen LogP contribution in [0.15, 0.2) is 37.1 Å². The molecule has 2 aromatic heterocycles. The lowest BCUT2D eigenvalue weighted by Crippen LogP contribution is -2.22. The molecule has 0 aliphatic heterocycles. The Labute approximate surface area is 138 Å². The van der Waals surface area contributed by atoms with Gasteiger partial charge in [0.05, 0.1) is 0 Å². The first kappa shape index (κ1) is 17.3. The number of pyridine rings is 1. The van der Waals surface area contributed by atoms with Crippen molar-refractivity contribution < 1.29 is 5.11 Å². The van der Waals surface area contributed by atoms with Gasteiger partial charge in [-0.3, -0.25) is 4.98 Å². The number of aryl methyl sites for hydroxylation is 2. The molecular formula is C18H26N4O. The molecule has 2 rings (SSSR count). The fourth-order valence-electron chi connectivity index (χ4n) is 2.59. The Hall–Kier alpha value is -2.01. The highest BCUT2D eigenvalue weighted by Crippen LogP contribution is 2.17. The molecule has 124 valence electrons. The van der Waals surface area contributed by atoms with Crippen LogP contribution in [0.5, 0.6) is 0 Å². The number of nitrogens with one attached hydrogen (secondary N) is 1. The van der Waals surface area contributed by atoms with Crippen LogP contribution in [0.2, 0.25) is 0 Å². The fourth-order valence-corrected chi connectivity index (χ4v) is 2.59. The van der Waals surface area contributed by atoms with E-state index in [0.717, 1.165) is 49.9 Å². The maximum absolute atomic E-state index is 9.26. The number of rotatable bonds is 10. The van der Waals surface area contributed by atoms with Crippen LogP contribution in [0.25, 0.3) is 0 Å². The van der Waals surface area contributed by atoms with Crippen LogP contribution >= 0.6 is 0 Å². The lowest BCUT2D eigenvalue weighted by atomic mass is 10.0. The average Bonchev–Trinajstić information content (AvgIpc) is 2.60. The summed E-state index contributed by atoms with van der Waals surface area (Å²) in [5, 5.41) is 12.8. The van der Waals surface area contributed by atoms with Gasteiger partial charge in [0.25, 0.3) is 0 Å². The van der Waals surface area contributed by atoms with Crippen LogP contribution in [-0.2, 0) is 12.8 Å². The van der Waals surface area contributed by atoms with E-state index in [1.54, 1.807) is 6.33 Å². The molecule has 0 aliphatic rings. The number of hydrogen-bond acceptors (Lipinski definition) is 5. The molecule has 1 unspecified atom stereocenters. The number of aliphatic hydroxyl groups excluding tert-OH is 1. The quantitative estimate of drug-likeness (QED) is 0.705. The molecule has 0 radical (unpaired) electrons.